The molecule has 488 valence electrons. The van der Waals surface area contributed by atoms with Gasteiger partial charge < -0.3 is 5.32 Å². The number of carbonyl (C=O) groups is 3. The molecular formula is C78H85FN6O7S2. The minimum Gasteiger partial charge on any atom is -0.355 e. The Hall–Kier alpha value is -9.51. The first-order valence-electron chi connectivity index (χ1n) is 31.1. The molecule has 0 bridgehead atoms. The van der Waals surface area contributed by atoms with Gasteiger partial charge in [-0.25, -0.2) is 21.2 Å². The van der Waals surface area contributed by atoms with Crippen LogP contribution in [-0.4, -0.2) is 78.8 Å². The molecule has 0 spiro atoms. The van der Waals surface area contributed by atoms with Crippen LogP contribution in [0.4, 0.5) is 4.39 Å². The molecule has 16 heteroatoms. The van der Waals surface area contributed by atoms with Crippen molar-refractivity contribution in [3.63, 3.8) is 0 Å². The Morgan fingerprint density at radius 3 is 0.979 bits per heavy atom. The molecule has 0 aliphatic carbocycles. The molecule has 1 amide bonds. The molecule has 0 saturated carbocycles. The van der Waals surface area contributed by atoms with E-state index in [2.05, 4.69) is 112 Å². The van der Waals surface area contributed by atoms with E-state index in [4.69, 9.17) is 0 Å². The number of ketones is 2. The number of pyridine rings is 5. The van der Waals surface area contributed by atoms with Gasteiger partial charge in [0.2, 0.25) is 0 Å². The number of nitrogens with zero attached hydrogens (tertiary/aromatic N) is 5. The highest BCUT2D eigenvalue weighted by atomic mass is 32.2. The fourth-order valence-electron chi connectivity index (χ4n) is 10.2. The van der Waals surface area contributed by atoms with Gasteiger partial charge in [0.15, 0.2) is 31.2 Å². The molecule has 0 aliphatic rings. The summed E-state index contributed by atoms with van der Waals surface area (Å²) in [7, 11) is -4.70. The molecule has 5 aromatic carbocycles. The van der Waals surface area contributed by atoms with Gasteiger partial charge in [-0.15, -0.1) is 0 Å². The lowest BCUT2D eigenvalue weighted by molar-refractivity contribution is 0.0960. The molecule has 0 saturated heterocycles. The predicted octanol–water partition coefficient (Wildman–Crippen LogP) is 18.1. The largest absolute Gasteiger partial charge is 0.355 e. The van der Waals surface area contributed by atoms with Crippen LogP contribution in [0, 0.1) is 5.82 Å². The van der Waals surface area contributed by atoms with Crippen molar-refractivity contribution in [2.24, 2.45) is 0 Å². The van der Waals surface area contributed by atoms with Crippen molar-refractivity contribution in [2.45, 2.75) is 122 Å². The van der Waals surface area contributed by atoms with Crippen LogP contribution in [0.1, 0.15) is 172 Å². The maximum Gasteiger partial charge on any atom is 0.251 e. The van der Waals surface area contributed by atoms with Crippen LogP contribution >= 0.6 is 0 Å². The number of aromatic nitrogens is 5. The summed E-state index contributed by atoms with van der Waals surface area (Å²) in [5.41, 5.74) is 16.8. The Morgan fingerprint density at radius 1 is 0.362 bits per heavy atom. The summed E-state index contributed by atoms with van der Waals surface area (Å²) >= 11 is 0. The van der Waals surface area contributed by atoms with Crippen molar-refractivity contribution in [3.05, 3.63) is 258 Å². The first-order chi connectivity index (χ1) is 44.5. The zero-order chi connectivity index (χ0) is 69.0. The van der Waals surface area contributed by atoms with Crippen LogP contribution in [0.15, 0.2) is 217 Å². The van der Waals surface area contributed by atoms with Gasteiger partial charge in [0.25, 0.3) is 5.91 Å². The molecule has 5 aromatic heterocycles. The van der Waals surface area contributed by atoms with E-state index in [1.165, 1.54) is 25.5 Å². The van der Waals surface area contributed by atoms with E-state index in [1.54, 1.807) is 75.0 Å². The summed E-state index contributed by atoms with van der Waals surface area (Å²) in [6.45, 7) is 23.9. The SMILES string of the molecule is CC(=O)c1cc(-c2cccnc2C(C)C)ccc1F.CC(=O)c1ccc(-c2cccnc2C(C)C)cc1.CC(C)c1ncccc1-c1ccc(S(C)(=O)=O)cc1.CC(C)c1ncccc1-c1cccc(S(C)(=O)=O)c1.CNC(=O)c1ccc(-c2cccnc2C(C)C)cc1. The number of rotatable bonds is 15. The Labute approximate surface area is 555 Å². The van der Waals surface area contributed by atoms with Crippen LogP contribution in [-0.2, 0) is 19.7 Å². The predicted molar refractivity (Wildman–Crippen MR) is 378 cm³/mol. The molecule has 13 nitrogen and oxygen atoms in total. The molecule has 0 fully saturated rings. The number of carbonyl (C=O) groups excluding carboxylic acids is 3. The van der Waals surface area contributed by atoms with Crippen LogP contribution in [0.5, 0.6) is 0 Å². The third-order valence-corrected chi connectivity index (χ3v) is 17.3. The van der Waals surface area contributed by atoms with Crippen molar-refractivity contribution in [3.8, 4) is 55.6 Å². The van der Waals surface area contributed by atoms with Gasteiger partial charge in [0.1, 0.15) is 5.82 Å². The Balaban J connectivity index is 0.000000186. The number of hydrogen-bond donors (Lipinski definition) is 1. The highest BCUT2D eigenvalue weighted by molar-refractivity contribution is 7.91. The maximum atomic E-state index is 13.6. The average molecular weight is 1300 g/mol. The molecule has 0 atom stereocenters. The standard InChI is InChI=1S/C16H16FNO.C16H18N2O.C16H17NO.2C15H17NO2S/c1-10(2)16-13(5-4-8-18-16)12-6-7-15(17)14(9-12)11(3)19;1-11(2)15-14(5-4-10-18-15)12-6-8-13(9-7-12)16(19)17-3;1-11(2)16-15(5-4-10-17-16)14-8-6-13(7-9-14)12(3)18;1-11(2)15-14(8-5-9-16-15)12-6-4-7-13(10-12)19(3,17)18;1-11(2)15-14(5-4-10-16-15)12-6-8-13(9-7-12)19(3,17)18/h4-10H,1-3H3;4-11H,1-3H3,(H,17,19);4-11H,1-3H3;2*4-11H,1-3H3. The Morgan fingerprint density at radius 2 is 0.670 bits per heavy atom. The van der Waals surface area contributed by atoms with Gasteiger partial charge in [-0.3, -0.25) is 39.3 Å². The number of nitrogens with one attached hydrogen (secondary N) is 1. The zero-order valence-electron chi connectivity index (χ0n) is 56.3. The van der Waals surface area contributed by atoms with Gasteiger partial charge in [0, 0.05) is 89.5 Å². The molecule has 0 unspecified atom stereocenters. The minimum absolute atomic E-state index is 0.0678. The molecule has 0 radical (unpaired) electrons. The van der Waals surface area contributed by atoms with E-state index in [1.807, 2.05) is 128 Å². The lowest BCUT2D eigenvalue weighted by atomic mass is 9.96. The van der Waals surface area contributed by atoms with Crippen LogP contribution in [0.2, 0.25) is 0 Å². The fraction of sp³-hybridized carbons (Fsp3) is 0.256. The lowest BCUT2D eigenvalue weighted by Crippen LogP contribution is -2.17. The van der Waals surface area contributed by atoms with Gasteiger partial charge in [-0.05, 0) is 150 Å². The van der Waals surface area contributed by atoms with Gasteiger partial charge in [-0.2, -0.15) is 0 Å². The molecule has 0 aliphatic heterocycles. The topological polar surface area (TPSA) is 196 Å². The van der Waals surface area contributed by atoms with E-state index in [0.29, 0.717) is 33.1 Å². The van der Waals surface area contributed by atoms with Crippen molar-refractivity contribution in [1.29, 1.82) is 0 Å². The number of Topliss-reactive ketones (excluding diaryl/α,β-unsaturated/α-hetero) is 2. The second kappa shape index (κ2) is 33.9. The van der Waals surface area contributed by atoms with Gasteiger partial charge in [-0.1, -0.05) is 166 Å². The van der Waals surface area contributed by atoms with Crippen molar-refractivity contribution < 1.29 is 35.6 Å². The van der Waals surface area contributed by atoms with Crippen LogP contribution in [0.25, 0.3) is 55.6 Å². The third-order valence-electron chi connectivity index (χ3n) is 15.0. The smallest absolute Gasteiger partial charge is 0.251 e. The Kier molecular flexibility index (Phi) is 26.5. The summed E-state index contributed by atoms with van der Waals surface area (Å²) < 4.78 is 59.7. The van der Waals surface area contributed by atoms with E-state index in [0.717, 1.165) is 89.7 Å². The van der Waals surface area contributed by atoms with Crippen molar-refractivity contribution in [1.82, 2.24) is 30.2 Å². The quantitative estimate of drug-likeness (QED) is 0.0955. The number of benzene rings is 5. The number of hydrogen-bond acceptors (Lipinski definition) is 12. The summed E-state index contributed by atoms with van der Waals surface area (Å²) in [6, 6.07) is 53.5. The van der Waals surface area contributed by atoms with Crippen LogP contribution in [0.3, 0.4) is 0 Å². The molecule has 1 N–H and O–H groups in total. The maximum absolute atomic E-state index is 13.6. The second-order valence-corrected chi connectivity index (χ2v) is 28.1. The normalized spacial score (nSPS) is 11.1. The van der Waals surface area contributed by atoms with Crippen molar-refractivity contribution >= 4 is 37.1 Å². The van der Waals surface area contributed by atoms with E-state index in [9.17, 15) is 35.6 Å². The van der Waals surface area contributed by atoms with Crippen molar-refractivity contribution in [2.75, 3.05) is 19.6 Å². The third kappa shape index (κ3) is 20.2. The van der Waals surface area contributed by atoms with E-state index >= 15 is 0 Å². The second-order valence-electron chi connectivity index (χ2n) is 24.1. The summed E-state index contributed by atoms with van der Waals surface area (Å²) in [6.07, 6.45) is 11.4. The fourth-order valence-corrected chi connectivity index (χ4v) is 11.5. The first-order valence-corrected chi connectivity index (χ1v) is 34.9. The van der Waals surface area contributed by atoms with Gasteiger partial charge in [0.05, 0.1) is 43.8 Å². The molecule has 10 aromatic rings. The summed E-state index contributed by atoms with van der Waals surface area (Å²) in [4.78, 5) is 56.9. The molecular weight excluding hydrogens is 1220 g/mol. The number of halogens is 1. The van der Waals surface area contributed by atoms with E-state index < -0.39 is 25.5 Å². The monoisotopic (exact) mass is 1300 g/mol. The Bertz CT molecular complexity index is 4440. The number of amides is 1. The highest BCUT2D eigenvalue weighted by Crippen LogP contribution is 2.33. The summed E-state index contributed by atoms with van der Waals surface area (Å²) in [5.74, 6) is 0.911. The minimum atomic E-state index is -3.19. The molecule has 5 heterocycles. The average Bonchev–Trinajstić information content (AvgIpc) is 0.861. The molecule has 94 heavy (non-hydrogen) atoms. The summed E-state index contributed by atoms with van der Waals surface area (Å²) in [5, 5.41) is 2.62. The number of sulfone groups is 2. The highest BCUT2D eigenvalue weighted by Gasteiger charge is 2.18. The lowest BCUT2D eigenvalue weighted by Gasteiger charge is -2.12. The van der Waals surface area contributed by atoms with Crippen LogP contribution < -0.4 is 5.32 Å². The first kappa shape index (κ1) is 73.5. The molecule has 10 rings (SSSR count). The van der Waals surface area contributed by atoms with E-state index in [-0.39, 0.29) is 34.9 Å². The zero-order valence-corrected chi connectivity index (χ0v) is 57.9. The van der Waals surface area contributed by atoms with Gasteiger partial charge >= 0.3 is 0 Å².